The molecule has 1 heterocycles. The number of hydrogen-bond acceptors (Lipinski definition) is 2. The van der Waals surface area contributed by atoms with Gasteiger partial charge in [0, 0.05) is 17.7 Å². The van der Waals surface area contributed by atoms with Crippen LogP contribution in [0.15, 0.2) is 66.6 Å². The lowest BCUT2D eigenvalue weighted by molar-refractivity contribution is 0.122. The fourth-order valence-corrected chi connectivity index (χ4v) is 3.03. The Labute approximate surface area is 172 Å². The number of rotatable bonds is 5. The molecule has 1 aliphatic rings. The van der Waals surface area contributed by atoms with Gasteiger partial charge in [-0.1, -0.05) is 50.8 Å². The molecule has 1 aliphatic heterocycles. The maximum Gasteiger partial charge on any atom is 0.256 e. The van der Waals surface area contributed by atoms with Gasteiger partial charge in [0.05, 0.1) is 30.6 Å². The summed E-state index contributed by atoms with van der Waals surface area (Å²) in [6, 6.07) is 10.1. The third-order valence-corrected chi connectivity index (χ3v) is 4.29. The molecule has 30 heavy (non-hydrogen) atoms. The lowest BCUT2D eigenvalue weighted by Crippen LogP contribution is -2.30. The van der Waals surface area contributed by atoms with E-state index < -0.39 is 41.7 Å². The highest BCUT2D eigenvalue weighted by atomic mass is 19.3. The number of halogens is 5. The van der Waals surface area contributed by atoms with E-state index in [4.69, 9.17) is 4.74 Å². The SMILES string of the molecule is C=C1C(F)=CC(c2ccccc2)=C(c2c(F)cc(OC)cc2F)N1CC(F)F.CC. The van der Waals surface area contributed by atoms with Gasteiger partial charge in [0.1, 0.15) is 23.2 Å². The molecule has 0 atom stereocenters. The molecule has 0 bridgehead atoms. The molecular formula is C23H22F5NO. The first-order valence-electron chi connectivity index (χ1n) is 9.28. The maximum absolute atomic E-state index is 14.8. The van der Waals surface area contributed by atoms with E-state index in [1.165, 1.54) is 7.11 Å². The molecule has 160 valence electrons. The number of ether oxygens (including phenoxy) is 1. The zero-order valence-corrected chi connectivity index (χ0v) is 16.9. The van der Waals surface area contributed by atoms with Crippen LogP contribution in [0, 0.1) is 11.6 Å². The number of benzene rings is 2. The quantitative estimate of drug-likeness (QED) is 0.490. The Morgan fingerprint density at radius 2 is 1.57 bits per heavy atom. The predicted octanol–water partition coefficient (Wildman–Crippen LogP) is 6.82. The van der Waals surface area contributed by atoms with Crippen molar-refractivity contribution in [3.05, 3.63) is 89.4 Å². The minimum Gasteiger partial charge on any atom is -0.497 e. The Morgan fingerprint density at radius 1 is 1.00 bits per heavy atom. The van der Waals surface area contributed by atoms with Crippen molar-refractivity contribution in [3.8, 4) is 5.75 Å². The average molecular weight is 423 g/mol. The number of allylic oxidation sites excluding steroid dienone is 3. The summed E-state index contributed by atoms with van der Waals surface area (Å²) in [5, 5.41) is 0. The largest absolute Gasteiger partial charge is 0.497 e. The summed E-state index contributed by atoms with van der Waals surface area (Å²) in [5.74, 6) is -2.99. The fourth-order valence-electron chi connectivity index (χ4n) is 3.03. The zero-order chi connectivity index (χ0) is 22.4. The molecule has 3 rings (SSSR count). The summed E-state index contributed by atoms with van der Waals surface area (Å²) in [7, 11) is 1.24. The van der Waals surface area contributed by atoms with Crippen molar-refractivity contribution in [2.24, 2.45) is 0 Å². The normalized spacial score (nSPS) is 13.8. The zero-order valence-electron chi connectivity index (χ0n) is 16.9. The predicted molar refractivity (Wildman–Crippen MR) is 109 cm³/mol. The summed E-state index contributed by atoms with van der Waals surface area (Å²) in [6.45, 7) is 6.50. The lowest BCUT2D eigenvalue weighted by atomic mass is 9.93. The molecule has 2 nitrogen and oxygen atoms in total. The van der Waals surface area contributed by atoms with Gasteiger partial charge < -0.3 is 9.64 Å². The van der Waals surface area contributed by atoms with Crippen LogP contribution in [0.2, 0.25) is 0 Å². The van der Waals surface area contributed by atoms with Gasteiger partial charge in [-0.3, -0.25) is 0 Å². The molecule has 0 aromatic heterocycles. The van der Waals surface area contributed by atoms with E-state index in [-0.39, 0.29) is 17.0 Å². The summed E-state index contributed by atoms with van der Waals surface area (Å²) < 4.78 is 75.3. The highest BCUT2D eigenvalue weighted by Gasteiger charge is 2.32. The number of alkyl halides is 2. The van der Waals surface area contributed by atoms with Crippen LogP contribution >= 0.6 is 0 Å². The van der Waals surface area contributed by atoms with Gasteiger partial charge in [0.2, 0.25) is 0 Å². The topological polar surface area (TPSA) is 12.5 Å². The monoisotopic (exact) mass is 423 g/mol. The molecule has 0 amide bonds. The first-order chi connectivity index (χ1) is 14.3. The molecule has 2 aromatic carbocycles. The van der Waals surface area contributed by atoms with E-state index >= 15 is 0 Å². The van der Waals surface area contributed by atoms with E-state index in [9.17, 15) is 22.0 Å². The summed E-state index contributed by atoms with van der Waals surface area (Å²) in [5.41, 5.74) is -0.714. The second kappa shape index (κ2) is 10.1. The van der Waals surface area contributed by atoms with Crippen molar-refractivity contribution < 1.29 is 26.7 Å². The molecule has 0 radical (unpaired) electrons. The molecule has 0 aliphatic carbocycles. The molecule has 0 N–H and O–H groups in total. The van der Waals surface area contributed by atoms with Crippen molar-refractivity contribution in [2.45, 2.75) is 20.3 Å². The van der Waals surface area contributed by atoms with Gasteiger partial charge in [-0.25, -0.2) is 22.0 Å². The highest BCUT2D eigenvalue weighted by molar-refractivity contribution is 5.97. The number of nitrogens with zero attached hydrogens (tertiary/aromatic N) is 1. The van der Waals surface area contributed by atoms with Crippen LogP contribution in [-0.4, -0.2) is 25.0 Å². The van der Waals surface area contributed by atoms with Crippen molar-refractivity contribution in [3.63, 3.8) is 0 Å². The van der Waals surface area contributed by atoms with Crippen LogP contribution < -0.4 is 4.74 Å². The number of methoxy groups -OCH3 is 1. The van der Waals surface area contributed by atoms with Crippen molar-refractivity contribution >= 4 is 11.3 Å². The van der Waals surface area contributed by atoms with Crippen molar-refractivity contribution in [1.82, 2.24) is 4.90 Å². The third-order valence-electron chi connectivity index (χ3n) is 4.29. The van der Waals surface area contributed by atoms with Gasteiger partial charge in [-0.15, -0.1) is 0 Å². The fraction of sp³-hybridized carbons (Fsp3) is 0.217. The molecule has 0 fully saturated rings. The smallest absolute Gasteiger partial charge is 0.256 e. The van der Waals surface area contributed by atoms with Crippen LogP contribution in [0.5, 0.6) is 5.75 Å². The molecule has 0 saturated heterocycles. The Kier molecular flexibility index (Phi) is 7.80. The first kappa shape index (κ1) is 23.2. The summed E-state index contributed by atoms with van der Waals surface area (Å²) in [6.07, 6.45) is -1.85. The molecule has 0 spiro atoms. The Hall–Kier alpha value is -3.09. The van der Waals surface area contributed by atoms with Gasteiger partial charge in [-0.2, -0.15) is 0 Å². The van der Waals surface area contributed by atoms with Gasteiger partial charge in [-0.05, 0) is 11.6 Å². The number of hydrogen-bond donors (Lipinski definition) is 0. The second-order valence-corrected chi connectivity index (χ2v) is 6.04. The minimum atomic E-state index is -2.89. The molecule has 7 heteroatoms. The summed E-state index contributed by atoms with van der Waals surface area (Å²) in [4.78, 5) is 0.802. The standard InChI is InChI=1S/C21H16F5NO.C2H6/c1-12-16(22)10-15(13-6-4-3-5-7-13)21(27(12)11-19(25)26)20-17(23)8-14(28-2)9-18(20)24;1-2/h3-10,19H,1,11H2,2H3;1-2H3. The minimum absolute atomic E-state index is 0.0640. The van der Waals surface area contributed by atoms with E-state index in [0.29, 0.717) is 5.56 Å². The second-order valence-electron chi connectivity index (χ2n) is 6.04. The van der Waals surface area contributed by atoms with E-state index in [0.717, 1.165) is 23.1 Å². The molecule has 0 unspecified atom stereocenters. The highest BCUT2D eigenvalue weighted by Crippen LogP contribution is 2.42. The Balaban J connectivity index is 0.00000155. The molecule has 0 saturated carbocycles. The van der Waals surface area contributed by atoms with Gasteiger partial charge in [0.25, 0.3) is 6.43 Å². The van der Waals surface area contributed by atoms with Crippen molar-refractivity contribution in [2.75, 3.05) is 13.7 Å². The van der Waals surface area contributed by atoms with E-state index in [1.54, 1.807) is 30.3 Å². The van der Waals surface area contributed by atoms with Crippen LogP contribution in [0.1, 0.15) is 25.0 Å². The Morgan fingerprint density at radius 3 is 2.07 bits per heavy atom. The third kappa shape index (κ3) is 4.72. The van der Waals surface area contributed by atoms with Crippen molar-refractivity contribution in [1.29, 1.82) is 0 Å². The van der Waals surface area contributed by atoms with E-state index in [1.807, 2.05) is 13.8 Å². The first-order valence-corrected chi connectivity index (χ1v) is 9.28. The molecular weight excluding hydrogens is 401 g/mol. The average Bonchev–Trinajstić information content (AvgIpc) is 2.73. The Bertz CT molecular complexity index is 944. The lowest BCUT2D eigenvalue weighted by Gasteiger charge is -2.33. The maximum atomic E-state index is 14.8. The van der Waals surface area contributed by atoms with Gasteiger partial charge in [0.15, 0.2) is 0 Å². The van der Waals surface area contributed by atoms with Crippen LogP contribution in [0.4, 0.5) is 22.0 Å². The summed E-state index contributed by atoms with van der Waals surface area (Å²) >= 11 is 0. The van der Waals surface area contributed by atoms with Crippen LogP contribution in [-0.2, 0) is 0 Å². The van der Waals surface area contributed by atoms with Crippen LogP contribution in [0.25, 0.3) is 11.3 Å². The van der Waals surface area contributed by atoms with Gasteiger partial charge >= 0.3 is 0 Å². The van der Waals surface area contributed by atoms with E-state index in [2.05, 4.69) is 6.58 Å². The molecule has 2 aromatic rings. The van der Waals surface area contributed by atoms with Crippen LogP contribution in [0.3, 0.4) is 0 Å².